The topological polar surface area (TPSA) is 113 Å². The summed E-state index contributed by atoms with van der Waals surface area (Å²) in [5.74, 6) is 0.958. The Morgan fingerprint density at radius 2 is 1.76 bits per heavy atom. The minimum atomic E-state index is -0.683. The first-order valence-electron chi connectivity index (χ1n) is 13.9. The lowest BCUT2D eigenvalue weighted by Gasteiger charge is -2.37. The van der Waals surface area contributed by atoms with Gasteiger partial charge in [-0.1, -0.05) is 23.5 Å². The average molecular weight is 598 g/mol. The fourth-order valence-corrected chi connectivity index (χ4v) is 5.92. The molecule has 10 heteroatoms. The quantitative estimate of drug-likeness (QED) is 0.265. The Balaban J connectivity index is 1.40. The minimum Gasteiger partial charge on any atom is -0.494 e. The van der Waals surface area contributed by atoms with Crippen LogP contribution in [0.4, 0.5) is 0 Å². The third-order valence-corrected chi connectivity index (χ3v) is 8.25. The second-order valence-electron chi connectivity index (χ2n) is 12.1. The maximum atomic E-state index is 12.4. The second kappa shape index (κ2) is 11.8. The van der Waals surface area contributed by atoms with Gasteiger partial charge >= 0.3 is 16.8 Å². The predicted molar refractivity (Wildman–Crippen MR) is 160 cm³/mol. The molecule has 1 aliphatic rings. The summed E-state index contributed by atoms with van der Waals surface area (Å²) in [4.78, 5) is 36.3. The molecular weight excluding hydrogens is 558 g/mol. The molecule has 42 heavy (non-hydrogen) atoms. The van der Waals surface area contributed by atoms with Crippen LogP contribution < -0.4 is 19.1 Å². The SMILES string of the molecule is CC(=O)Oc1c(C)c(C)c2c(c1C)CCC(C)(COc1ccc(Cc3sc(=O)n(CC(=O)OC(C)(C)C)c3O)cc1)O2. The molecule has 1 unspecified atom stereocenters. The number of esters is 2. The van der Waals surface area contributed by atoms with Crippen molar-refractivity contribution >= 4 is 23.3 Å². The number of carbonyl (C=O) groups is 2. The van der Waals surface area contributed by atoms with Gasteiger partial charge < -0.3 is 24.1 Å². The number of hydrogen-bond donors (Lipinski definition) is 1. The van der Waals surface area contributed by atoms with Gasteiger partial charge in [-0.2, -0.15) is 0 Å². The van der Waals surface area contributed by atoms with Crippen LogP contribution in [0.25, 0.3) is 0 Å². The molecule has 0 aliphatic carbocycles. The van der Waals surface area contributed by atoms with E-state index in [0.29, 0.717) is 29.4 Å². The first kappa shape index (κ1) is 31.2. The molecule has 2 heterocycles. The smallest absolute Gasteiger partial charge is 0.326 e. The van der Waals surface area contributed by atoms with Gasteiger partial charge in [0.1, 0.15) is 41.6 Å². The van der Waals surface area contributed by atoms with E-state index < -0.39 is 22.0 Å². The Morgan fingerprint density at radius 1 is 1.10 bits per heavy atom. The van der Waals surface area contributed by atoms with Gasteiger partial charge in [-0.25, -0.2) is 0 Å². The van der Waals surface area contributed by atoms with Crippen molar-refractivity contribution in [1.82, 2.24) is 4.57 Å². The number of aromatic hydroxyl groups is 1. The number of thiazole rings is 1. The number of rotatable bonds is 8. The largest absolute Gasteiger partial charge is 0.494 e. The standard InChI is InChI=1S/C32H39NO8S/c1-18-19(2)28-24(20(3)27(18)39-21(4)34)13-14-32(8,41-28)17-38-23-11-9-22(10-12-23)15-25-29(36)33(30(37)42-25)16-26(35)40-31(5,6)7/h9-12,36H,13-17H2,1-8H3. The van der Waals surface area contributed by atoms with Gasteiger partial charge in [0.2, 0.25) is 5.88 Å². The molecule has 0 spiro atoms. The number of hydrogen-bond acceptors (Lipinski definition) is 9. The molecular formula is C32H39NO8S. The molecule has 3 aromatic rings. The summed E-state index contributed by atoms with van der Waals surface area (Å²) >= 11 is 0.907. The Labute approximate surface area is 250 Å². The van der Waals surface area contributed by atoms with Crippen molar-refractivity contribution in [3.63, 3.8) is 0 Å². The van der Waals surface area contributed by atoms with Crippen LogP contribution in [0.15, 0.2) is 29.1 Å². The van der Waals surface area contributed by atoms with E-state index in [1.54, 1.807) is 20.8 Å². The van der Waals surface area contributed by atoms with Gasteiger partial charge in [-0.15, -0.1) is 0 Å². The lowest BCUT2D eigenvalue weighted by atomic mass is 9.87. The van der Waals surface area contributed by atoms with E-state index in [0.717, 1.165) is 62.3 Å². The van der Waals surface area contributed by atoms with E-state index >= 15 is 0 Å². The van der Waals surface area contributed by atoms with Gasteiger partial charge in [0, 0.05) is 18.9 Å². The zero-order valence-corrected chi connectivity index (χ0v) is 26.3. The molecule has 4 rings (SSSR count). The number of ether oxygens (including phenoxy) is 4. The highest BCUT2D eigenvalue weighted by Crippen LogP contribution is 2.44. The van der Waals surface area contributed by atoms with E-state index in [9.17, 15) is 19.5 Å². The Morgan fingerprint density at radius 3 is 2.38 bits per heavy atom. The zero-order chi connectivity index (χ0) is 31.0. The van der Waals surface area contributed by atoms with Crippen molar-refractivity contribution in [3.05, 3.63) is 66.6 Å². The number of carbonyl (C=O) groups excluding carboxylic acids is 2. The van der Waals surface area contributed by atoms with Crippen molar-refractivity contribution in [2.24, 2.45) is 0 Å². The number of fused-ring (bicyclic) bond motifs is 1. The first-order valence-corrected chi connectivity index (χ1v) is 14.7. The van der Waals surface area contributed by atoms with Crippen molar-refractivity contribution in [3.8, 4) is 23.1 Å². The van der Waals surface area contributed by atoms with Crippen LogP contribution >= 0.6 is 11.3 Å². The summed E-state index contributed by atoms with van der Waals surface area (Å²) in [5, 5.41) is 10.6. The van der Waals surface area contributed by atoms with Gasteiger partial charge in [0.15, 0.2) is 0 Å². The van der Waals surface area contributed by atoms with E-state index in [4.69, 9.17) is 18.9 Å². The lowest BCUT2D eigenvalue weighted by Crippen LogP contribution is -2.42. The van der Waals surface area contributed by atoms with Gasteiger partial charge in [0.05, 0.1) is 4.88 Å². The highest BCUT2D eigenvalue weighted by Gasteiger charge is 2.36. The van der Waals surface area contributed by atoms with E-state index in [2.05, 4.69) is 0 Å². The van der Waals surface area contributed by atoms with Crippen LogP contribution in [0, 0.1) is 20.8 Å². The van der Waals surface area contributed by atoms with Gasteiger partial charge in [0.25, 0.3) is 0 Å². The molecule has 0 saturated carbocycles. The molecule has 9 nitrogen and oxygen atoms in total. The number of aromatic nitrogens is 1. The Kier molecular flexibility index (Phi) is 8.78. The van der Waals surface area contributed by atoms with Crippen molar-refractivity contribution in [2.45, 2.75) is 92.4 Å². The van der Waals surface area contributed by atoms with Crippen LogP contribution in [0.5, 0.6) is 23.1 Å². The number of nitrogens with zero attached hydrogens (tertiary/aromatic N) is 1. The summed E-state index contributed by atoms with van der Waals surface area (Å²) in [6.07, 6.45) is 1.84. The Bertz CT molecular complexity index is 1560. The molecule has 0 fully saturated rings. The summed E-state index contributed by atoms with van der Waals surface area (Å²) in [6, 6.07) is 7.45. The van der Waals surface area contributed by atoms with Crippen LogP contribution in [-0.4, -0.2) is 39.4 Å². The highest BCUT2D eigenvalue weighted by molar-refractivity contribution is 7.09. The van der Waals surface area contributed by atoms with Gasteiger partial charge in [-0.05, 0) is 95.7 Å². The van der Waals surface area contributed by atoms with E-state index in [1.807, 2.05) is 52.0 Å². The lowest BCUT2D eigenvalue weighted by molar-refractivity contribution is -0.155. The maximum absolute atomic E-state index is 12.4. The van der Waals surface area contributed by atoms with Crippen molar-refractivity contribution in [1.29, 1.82) is 0 Å². The summed E-state index contributed by atoms with van der Waals surface area (Å²) in [7, 11) is 0. The summed E-state index contributed by atoms with van der Waals surface area (Å²) in [6.45, 7) is 14.5. The normalized spacial score (nSPS) is 16.4. The van der Waals surface area contributed by atoms with Gasteiger partial charge in [-0.3, -0.25) is 19.0 Å². The Hall–Kier alpha value is -3.79. The molecule has 0 amide bonds. The molecule has 1 aliphatic heterocycles. The molecule has 0 saturated heterocycles. The monoisotopic (exact) mass is 597 g/mol. The molecule has 1 N–H and O–H groups in total. The fourth-order valence-electron chi connectivity index (χ4n) is 5.01. The summed E-state index contributed by atoms with van der Waals surface area (Å²) in [5.41, 5.74) is 3.47. The molecule has 226 valence electrons. The van der Waals surface area contributed by atoms with Crippen molar-refractivity contribution < 1.29 is 33.6 Å². The average Bonchev–Trinajstić information content (AvgIpc) is 3.15. The van der Waals surface area contributed by atoms with Crippen molar-refractivity contribution in [2.75, 3.05) is 6.61 Å². The minimum absolute atomic E-state index is 0.223. The fraction of sp³-hybridized carbons (Fsp3) is 0.469. The van der Waals surface area contributed by atoms with Crippen LogP contribution in [0.2, 0.25) is 0 Å². The molecule has 0 bridgehead atoms. The second-order valence-corrected chi connectivity index (χ2v) is 13.1. The summed E-state index contributed by atoms with van der Waals surface area (Å²) < 4.78 is 24.5. The van der Waals surface area contributed by atoms with Crippen LogP contribution in [-0.2, 0) is 33.7 Å². The molecule has 1 atom stereocenters. The molecule has 1 aromatic heterocycles. The van der Waals surface area contributed by atoms with E-state index in [1.165, 1.54) is 6.92 Å². The maximum Gasteiger partial charge on any atom is 0.326 e. The van der Waals surface area contributed by atoms with Crippen LogP contribution in [0.3, 0.4) is 0 Å². The molecule has 2 aromatic carbocycles. The predicted octanol–water partition coefficient (Wildman–Crippen LogP) is 5.56. The molecule has 0 radical (unpaired) electrons. The van der Waals surface area contributed by atoms with Crippen LogP contribution in [0.1, 0.15) is 73.7 Å². The number of benzene rings is 2. The van der Waals surface area contributed by atoms with E-state index in [-0.39, 0.29) is 18.4 Å². The third kappa shape index (κ3) is 6.98. The first-order chi connectivity index (χ1) is 19.6. The zero-order valence-electron chi connectivity index (χ0n) is 25.5. The third-order valence-electron chi connectivity index (χ3n) is 7.28. The highest BCUT2D eigenvalue weighted by atomic mass is 32.1.